The minimum absolute atomic E-state index is 0. The topological polar surface area (TPSA) is 62.2 Å². The first-order valence-corrected chi connectivity index (χ1v) is 7.45. The van der Waals surface area contributed by atoms with Crippen LogP contribution in [0.5, 0.6) is 11.5 Å². The molecule has 0 saturated carbocycles. The van der Waals surface area contributed by atoms with E-state index in [-0.39, 0.29) is 31.2 Å². The molecule has 2 N–H and O–H groups in total. The van der Waals surface area contributed by atoms with Crippen molar-refractivity contribution in [2.24, 2.45) is 0 Å². The van der Waals surface area contributed by atoms with Gasteiger partial charge < -0.3 is 32.1 Å². The highest BCUT2D eigenvalue weighted by Crippen LogP contribution is 2.49. The van der Waals surface area contributed by atoms with Crippen molar-refractivity contribution in [1.82, 2.24) is 4.90 Å². The molecule has 22 heavy (non-hydrogen) atoms. The van der Waals surface area contributed by atoms with Gasteiger partial charge in [-0.3, -0.25) is 4.90 Å². The zero-order valence-electron chi connectivity index (χ0n) is 11.9. The van der Waals surface area contributed by atoms with Crippen molar-refractivity contribution in [3.63, 3.8) is 0 Å². The van der Waals surface area contributed by atoms with Gasteiger partial charge in [0, 0.05) is 25.0 Å². The molecule has 1 fully saturated rings. The van der Waals surface area contributed by atoms with Crippen molar-refractivity contribution in [3.8, 4) is 11.5 Å². The van der Waals surface area contributed by atoms with Gasteiger partial charge in [-0.2, -0.15) is 0 Å². The monoisotopic (exact) mass is 322 g/mol. The SMILES string of the molecule is O[C@H]1[C@H]2c3cc4c(cc3CN3CCC(=C[C@@H]1O)[C@H]23)OCO4.[Cl-]. The third-order valence-electron chi connectivity index (χ3n) is 5.27. The predicted molar refractivity (Wildman–Crippen MR) is 74.2 cm³/mol. The summed E-state index contributed by atoms with van der Waals surface area (Å²) in [6.07, 6.45) is 1.28. The Hall–Kier alpha value is -1.27. The molecule has 1 aromatic rings. The maximum Gasteiger partial charge on any atom is 0.231 e. The fourth-order valence-corrected chi connectivity index (χ4v) is 4.35. The summed E-state index contributed by atoms with van der Waals surface area (Å²) in [4.78, 5) is 2.40. The number of ether oxygens (including phenoxy) is 2. The maximum atomic E-state index is 10.5. The van der Waals surface area contributed by atoms with Gasteiger partial charge in [0.1, 0.15) is 0 Å². The van der Waals surface area contributed by atoms with Crippen LogP contribution < -0.4 is 21.9 Å². The normalized spacial score (nSPS) is 34.5. The fraction of sp³-hybridized carbons (Fsp3) is 0.500. The number of aliphatic hydroxyl groups excluding tert-OH is 2. The lowest BCUT2D eigenvalue weighted by Crippen LogP contribution is -3.00. The Morgan fingerprint density at radius 2 is 1.91 bits per heavy atom. The zero-order valence-corrected chi connectivity index (χ0v) is 12.7. The molecule has 1 aliphatic carbocycles. The van der Waals surface area contributed by atoms with Crippen LogP contribution in [0, 0.1) is 0 Å². The molecule has 5 nitrogen and oxygen atoms in total. The first-order chi connectivity index (χ1) is 10.2. The molecule has 0 bridgehead atoms. The minimum atomic E-state index is -0.780. The standard InChI is InChI=1S/C16H17NO4.ClH/c18-11-3-8-1-2-17-6-9-4-12-13(21-7-20-12)5-10(9)14(15(8)17)16(11)19;/h3-5,11,14-16,18-19H,1-2,6-7H2;1H/p-1/t11-,14-,15+,16+;/m0./s1. The van der Waals surface area contributed by atoms with Gasteiger partial charge in [-0.15, -0.1) is 0 Å². The second kappa shape index (κ2) is 4.86. The lowest BCUT2D eigenvalue weighted by atomic mass is 9.73. The lowest BCUT2D eigenvalue weighted by molar-refractivity contribution is -0.00157. The molecular formula is C16H17ClNO4-. The number of benzene rings is 1. The summed E-state index contributed by atoms with van der Waals surface area (Å²) in [5.74, 6) is 1.45. The number of aliphatic hydroxyl groups is 2. The average Bonchev–Trinajstić information content (AvgIpc) is 3.08. The molecule has 4 atom stereocenters. The highest BCUT2D eigenvalue weighted by Gasteiger charge is 2.48. The highest BCUT2D eigenvalue weighted by atomic mass is 35.5. The Bertz CT molecular complexity index is 662. The second-order valence-corrected chi connectivity index (χ2v) is 6.32. The third kappa shape index (κ3) is 1.77. The van der Waals surface area contributed by atoms with E-state index in [1.54, 1.807) is 0 Å². The van der Waals surface area contributed by atoms with Crippen molar-refractivity contribution in [2.45, 2.75) is 37.1 Å². The van der Waals surface area contributed by atoms with E-state index in [1.165, 1.54) is 11.1 Å². The van der Waals surface area contributed by atoms with Crippen LogP contribution in [0.4, 0.5) is 0 Å². The summed E-state index contributed by atoms with van der Waals surface area (Å²) in [7, 11) is 0. The van der Waals surface area contributed by atoms with E-state index in [0.29, 0.717) is 0 Å². The van der Waals surface area contributed by atoms with Gasteiger partial charge in [0.05, 0.1) is 12.2 Å². The van der Waals surface area contributed by atoms with Gasteiger partial charge >= 0.3 is 0 Å². The van der Waals surface area contributed by atoms with Crippen LogP contribution >= 0.6 is 0 Å². The van der Waals surface area contributed by atoms with E-state index >= 15 is 0 Å². The van der Waals surface area contributed by atoms with Gasteiger partial charge in [-0.25, -0.2) is 0 Å². The number of rotatable bonds is 0. The van der Waals surface area contributed by atoms with Crippen LogP contribution in [0.2, 0.25) is 0 Å². The zero-order chi connectivity index (χ0) is 14.1. The molecule has 0 spiro atoms. The Labute approximate surface area is 134 Å². The van der Waals surface area contributed by atoms with Crippen molar-refractivity contribution >= 4 is 0 Å². The summed E-state index contributed by atoms with van der Waals surface area (Å²) in [5, 5.41) is 20.7. The quantitative estimate of drug-likeness (QED) is 0.529. The average molecular weight is 323 g/mol. The Kier molecular flexibility index (Phi) is 3.17. The van der Waals surface area contributed by atoms with E-state index in [2.05, 4.69) is 4.90 Å². The van der Waals surface area contributed by atoms with Crippen LogP contribution in [0.25, 0.3) is 0 Å². The number of hydrogen-bond donors (Lipinski definition) is 2. The van der Waals surface area contributed by atoms with E-state index < -0.39 is 12.2 Å². The first kappa shape index (κ1) is 14.3. The highest BCUT2D eigenvalue weighted by molar-refractivity contribution is 5.53. The molecular weight excluding hydrogens is 306 g/mol. The summed E-state index contributed by atoms with van der Waals surface area (Å²) in [6, 6.07) is 4.25. The van der Waals surface area contributed by atoms with E-state index in [1.807, 2.05) is 18.2 Å². The summed E-state index contributed by atoms with van der Waals surface area (Å²) in [5.41, 5.74) is 3.54. The number of halogens is 1. The molecule has 3 heterocycles. The third-order valence-corrected chi connectivity index (χ3v) is 5.27. The molecule has 6 heteroatoms. The van der Waals surface area contributed by atoms with E-state index in [0.717, 1.165) is 36.6 Å². The van der Waals surface area contributed by atoms with E-state index in [4.69, 9.17) is 9.47 Å². The van der Waals surface area contributed by atoms with Gasteiger partial charge in [-0.05, 0) is 29.7 Å². The van der Waals surface area contributed by atoms with Crippen LogP contribution in [-0.2, 0) is 6.54 Å². The van der Waals surface area contributed by atoms with Gasteiger partial charge in [0.2, 0.25) is 6.79 Å². The molecule has 0 amide bonds. The summed E-state index contributed by atoms with van der Waals surface area (Å²) in [6.45, 7) is 2.11. The van der Waals surface area contributed by atoms with Crippen LogP contribution in [0.15, 0.2) is 23.8 Å². The molecule has 0 unspecified atom stereocenters. The largest absolute Gasteiger partial charge is 1.00 e. The fourth-order valence-electron chi connectivity index (χ4n) is 4.35. The number of nitrogens with zero attached hydrogens (tertiary/aromatic N) is 1. The van der Waals surface area contributed by atoms with Crippen molar-refractivity contribution in [1.29, 1.82) is 0 Å². The molecule has 5 rings (SSSR count). The smallest absolute Gasteiger partial charge is 0.231 e. The summed E-state index contributed by atoms with van der Waals surface area (Å²) >= 11 is 0. The Morgan fingerprint density at radius 3 is 2.73 bits per heavy atom. The number of fused-ring (bicyclic) bond motifs is 3. The Balaban J connectivity index is 0.00000125. The Morgan fingerprint density at radius 1 is 1.14 bits per heavy atom. The predicted octanol–water partition coefficient (Wildman–Crippen LogP) is -2.25. The molecule has 4 aliphatic rings. The second-order valence-electron chi connectivity index (χ2n) is 6.32. The molecule has 3 aliphatic heterocycles. The van der Waals surface area contributed by atoms with Crippen LogP contribution in [-0.4, -0.2) is 46.7 Å². The molecule has 1 aromatic carbocycles. The molecule has 0 radical (unpaired) electrons. The lowest BCUT2D eigenvalue weighted by Gasteiger charge is -2.44. The number of hydrogen-bond acceptors (Lipinski definition) is 5. The van der Waals surface area contributed by atoms with E-state index in [9.17, 15) is 10.2 Å². The molecule has 1 saturated heterocycles. The van der Waals surface area contributed by atoms with Gasteiger partial charge in [-0.1, -0.05) is 11.6 Å². The van der Waals surface area contributed by atoms with Gasteiger partial charge in [0.15, 0.2) is 11.5 Å². The first-order valence-electron chi connectivity index (χ1n) is 7.45. The minimum Gasteiger partial charge on any atom is -1.00 e. The van der Waals surface area contributed by atoms with Gasteiger partial charge in [0.25, 0.3) is 0 Å². The summed E-state index contributed by atoms with van der Waals surface area (Å²) < 4.78 is 10.9. The van der Waals surface area contributed by atoms with Crippen LogP contribution in [0.1, 0.15) is 23.5 Å². The van der Waals surface area contributed by atoms with Crippen molar-refractivity contribution in [3.05, 3.63) is 34.9 Å². The molecule has 0 aromatic heterocycles. The van der Waals surface area contributed by atoms with Crippen LogP contribution in [0.3, 0.4) is 0 Å². The molecule has 118 valence electrons. The van der Waals surface area contributed by atoms with Crippen molar-refractivity contribution in [2.75, 3.05) is 13.3 Å². The maximum absolute atomic E-state index is 10.5. The van der Waals surface area contributed by atoms with Crippen molar-refractivity contribution < 1.29 is 32.1 Å².